The first-order chi connectivity index (χ1) is 8.86. The van der Waals surface area contributed by atoms with Crippen molar-refractivity contribution in [2.24, 2.45) is 0 Å². The van der Waals surface area contributed by atoms with Crippen molar-refractivity contribution in [2.45, 2.75) is 31.8 Å². The minimum atomic E-state index is -3.26. The Labute approximate surface area is 116 Å². The molecule has 4 nitrogen and oxygen atoms in total. The van der Waals surface area contributed by atoms with Gasteiger partial charge < -0.3 is 4.90 Å². The molecule has 2 rings (SSSR count). The van der Waals surface area contributed by atoms with Crippen LogP contribution in [-0.4, -0.2) is 45.8 Å². The number of para-hydroxylation sites is 1. The van der Waals surface area contributed by atoms with Gasteiger partial charge in [-0.2, -0.15) is 0 Å². The zero-order valence-electron chi connectivity index (χ0n) is 12.0. The number of nitrogens with zero attached hydrogens (tertiary/aromatic N) is 2. The number of likely N-dealkylation sites (N-methyl/N-ethyl adjacent to an activating group) is 1. The maximum absolute atomic E-state index is 12.2. The highest BCUT2D eigenvalue weighted by Crippen LogP contribution is 2.35. The summed E-state index contributed by atoms with van der Waals surface area (Å²) in [5, 5.41) is 0. The highest BCUT2D eigenvalue weighted by molar-refractivity contribution is 7.92. The van der Waals surface area contributed by atoms with E-state index in [2.05, 4.69) is 4.90 Å². The number of benzene rings is 1. The third-order valence-corrected chi connectivity index (χ3v) is 5.02. The van der Waals surface area contributed by atoms with E-state index in [-0.39, 0.29) is 12.1 Å². The van der Waals surface area contributed by atoms with Crippen LogP contribution < -0.4 is 4.31 Å². The molecule has 5 heteroatoms. The average Bonchev–Trinajstić information content (AvgIpc) is 2.34. The Kier molecular flexibility index (Phi) is 3.87. The molecular weight excluding hydrogens is 260 g/mol. The highest BCUT2D eigenvalue weighted by atomic mass is 32.2. The summed E-state index contributed by atoms with van der Waals surface area (Å²) in [6.45, 7) is 2.05. The Morgan fingerprint density at radius 3 is 2.47 bits per heavy atom. The molecule has 106 valence electrons. The van der Waals surface area contributed by atoms with Crippen molar-refractivity contribution >= 4 is 15.7 Å². The van der Waals surface area contributed by atoms with Crippen LogP contribution in [0.25, 0.3) is 0 Å². The highest BCUT2D eigenvalue weighted by Gasteiger charge is 2.38. The van der Waals surface area contributed by atoms with Gasteiger partial charge >= 0.3 is 0 Å². The largest absolute Gasteiger partial charge is 0.304 e. The van der Waals surface area contributed by atoms with E-state index < -0.39 is 10.0 Å². The van der Waals surface area contributed by atoms with Gasteiger partial charge in [0, 0.05) is 6.04 Å². The summed E-state index contributed by atoms with van der Waals surface area (Å²) in [4.78, 5) is 2.13. The standard InChI is InChI=1S/C14H22N2O2S/c1-5-12-14(15(2)3)10-11-8-6-7-9-13(11)16(12)19(4,17)18/h6-9,12,14H,5,10H2,1-4H3. The molecule has 1 heterocycles. The first-order valence-electron chi connectivity index (χ1n) is 6.60. The molecule has 1 aliphatic heterocycles. The van der Waals surface area contributed by atoms with E-state index in [1.807, 2.05) is 45.3 Å². The summed E-state index contributed by atoms with van der Waals surface area (Å²) in [5.41, 5.74) is 1.95. The summed E-state index contributed by atoms with van der Waals surface area (Å²) in [6, 6.07) is 8.02. The van der Waals surface area contributed by atoms with E-state index in [0.717, 1.165) is 24.1 Å². The second-order valence-electron chi connectivity index (χ2n) is 5.40. The van der Waals surface area contributed by atoms with Crippen molar-refractivity contribution < 1.29 is 8.42 Å². The van der Waals surface area contributed by atoms with Crippen LogP contribution in [0.5, 0.6) is 0 Å². The molecule has 0 bridgehead atoms. The van der Waals surface area contributed by atoms with Crippen LogP contribution >= 0.6 is 0 Å². The van der Waals surface area contributed by atoms with Crippen LogP contribution in [-0.2, 0) is 16.4 Å². The lowest BCUT2D eigenvalue weighted by Gasteiger charge is -2.44. The van der Waals surface area contributed by atoms with Gasteiger partial charge in [-0.3, -0.25) is 4.31 Å². The lowest BCUT2D eigenvalue weighted by atomic mass is 9.91. The van der Waals surface area contributed by atoms with E-state index in [4.69, 9.17) is 0 Å². The van der Waals surface area contributed by atoms with Crippen LogP contribution in [0.3, 0.4) is 0 Å². The Balaban J connectivity index is 2.59. The molecule has 19 heavy (non-hydrogen) atoms. The normalized spacial score (nSPS) is 23.5. The van der Waals surface area contributed by atoms with Gasteiger partial charge in [0.05, 0.1) is 18.0 Å². The fourth-order valence-electron chi connectivity index (χ4n) is 2.98. The van der Waals surface area contributed by atoms with Crippen LogP contribution in [0.2, 0.25) is 0 Å². The molecular formula is C14H22N2O2S. The lowest BCUT2D eigenvalue weighted by Crippen LogP contribution is -2.55. The maximum Gasteiger partial charge on any atom is 0.232 e. The number of fused-ring (bicyclic) bond motifs is 1. The quantitative estimate of drug-likeness (QED) is 0.847. The molecule has 2 atom stereocenters. The SMILES string of the molecule is CCC1C(N(C)C)Cc2ccccc2N1S(C)(=O)=O. The van der Waals surface area contributed by atoms with Gasteiger partial charge in [0.25, 0.3) is 0 Å². The molecule has 1 aromatic carbocycles. The Morgan fingerprint density at radius 1 is 1.32 bits per heavy atom. The van der Waals surface area contributed by atoms with Crippen molar-refractivity contribution in [3.05, 3.63) is 29.8 Å². The summed E-state index contributed by atoms with van der Waals surface area (Å²) in [7, 11) is 0.771. The lowest BCUT2D eigenvalue weighted by molar-refractivity contribution is 0.242. The smallest absolute Gasteiger partial charge is 0.232 e. The molecule has 0 spiro atoms. The molecule has 0 amide bonds. The summed E-state index contributed by atoms with van der Waals surface area (Å²) in [5.74, 6) is 0. The second-order valence-corrected chi connectivity index (χ2v) is 7.26. The number of hydrogen-bond acceptors (Lipinski definition) is 3. The third kappa shape index (κ3) is 2.62. The molecule has 0 aliphatic carbocycles. The van der Waals surface area contributed by atoms with Gasteiger partial charge in [-0.15, -0.1) is 0 Å². The van der Waals surface area contributed by atoms with E-state index in [9.17, 15) is 8.42 Å². The second kappa shape index (κ2) is 5.13. The number of hydrogen-bond donors (Lipinski definition) is 0. The van der Waals surface area contributed by atoms with Crippen molar-refractivity contribution in [3.8, 4) is 0 Å². The molecule has 0 aromatic heterocycles. The monoisotopic (exact) mass is 282 g/mol. The Bertz CT molecular complexity index is 554. The van der Waals surface area contributed by atoms with Gasteiger partial charge in [-0.1, -0.05) is 25.1 Å². The Morgan fingerprint density at radius 2 is 1.95 bits per heavy atom. The number of sulfonamides is 1. The van der Waals surface area contributed by atoms with Crippen molar-refractivity contribution in [1.29, 1.82) is 0 Å². The van der Waals surface area contributed by atoms with Crippen LogP contribution in [0, 0.1) is 0 Å². The molecule has 0 N–H and O–H groups in total. The van der Waals surface area contributed by atoms with E-state index >= 15 is 0 Å². The predicted molar refractivity (Wildman–Crippen MR) is 79.0 cm³/mol. The molecule has 1 aromatic rings. The maximum atomic E-state index is 12.2. The fourth-order valence-corrected chi connectivity index (χ4v) is 4.30. The van der Waals surface area contributed by atoms with Crippen molar-refractivity contribution in [1.82, 2.24) is 4.90 Å². The van der Waals surface area contributed by atoms with Gasteiger partial charge in [0.15, 0.2) is 0 Å². The third-order valence-electron chi connectivity index (χ3n) is 3.84. The Hall–Kier alpha value is -1.07. The molecule has 0 saturated heterocycles. The van der Waals surface area contributed by atoms with Crippen LogP contribution in [0.15, 0.2) is 24.3 Å². The number of rotatable bonds is 3. The minimum absolute atomic E-state index is 0.0000926. The van der Waals surface area contributed by atoms with Gasteiger partial charge in [0.1, 0.15) is 0 Å². The molecule has 0 saturated carbocycles. The average molecular weight is 282 g/mol. The minimum Gasteiger partial charge on any atom is -0.304 e. The van der Waals surface area contributed by atoms with Gasteiger partial charge in [-0.05, 0) is 38.6 Å². The molecule has 1 aliphatic rings. The molecule has 0 radical (unpaired) electrons. The zero-order chi connectivity index (χ0) is 14.2. The topological polar surface area (TPSA) is 40.6 Å². The summed E-state index contributed by atoms with van der Waals surface area (Å²) in [6.07, 6.45) is 3.00. The first-order valence-corrected chi connectivity index (χ1v) is 8.44. The van der Waals surface area contributed by atoms with E-state index in [1.54, 1.807) is 4.31 Å². The molecule has 0 fully saturated rings. The van der Waals surface area contributed by atoms with Crippen LogP contribution in [0.4, 0.5) is 5.69 Å². The van der Waals surface area contributed by atoms with Crippen molar-refractivity contribution in [2.75, 3.05) is 24.7 Å². The van der Waals surface area contributed by atoms with Gasteiger partial charge in [0.2, 0.25) is 10.0 Å². The predicted octanol–water partition coefficient (Wildman–Crippen LogP) is 1.72. The number of anilines is 1. The zero-order valence-corrected chi connectivity index (χ0v) is 12.8. The first kappa shape index (κ1) is 14.3. The van der Waals surface area contributed by atoms with E-state index in [1.165, 1.54) is 6.26 Å². The summed E-state index contributed by atoms with van der Waals surface area (Å²) >= 11 is 0. The van der Waals surface area contributed by atoms with Crippen LogP contribution in [0.1, 0.15) is 18.9 Å². The van der Waals surface area contributed by atoms with E-state index in [0.29, 0.717) is 0 Å². The van der Waals surface area contributed by atoms with Crippen molar-refractivity contribution in [3.63, 3.8) is 0 Å². The molecule has 2 unspecified atom stereocenters. The van der Waals surface area contributed by atoms with Gasteiger partial charge in [-0.25, -0.2) is 8.42 Å². The fraction of sp³-hybridized carbons (Fsp3) is 0.571. The summed E-state index contributed by atoms with van der Waals surface area (Å²) < 4.78 is 26.0.